The van der Waals surface area contributed by atoms with Gasteiger partial charge in [-0.3, -0.25) is 4.79 Å². The first-order chi connectivity index (χ1) is 9.53. The average molecular weight is 344 g/mol. The van der Waals surface area contributed by atoms with Crippen molar-refractivity contribution in [2.45, 2.75) is 52.4 Å². The number of hydrogen-bond donors (Lipinski definition) is 2. The Balaban J connectivity index is 2.75. The normalized spacial score (nSPS) is 12.3. The first kappa shape index (κ1) is 17.0. The molecule has 1 aromatic carbocycles. The van der Waals surface area contributed by atoms with E-state index in [1.807, 2.05) is 26.0 Å². The van der Waals surface area contributed by atoms with Crippen LogP contribution < -0.4 is 10.1 Å². The second-order valence-corrected chi connectivity index (χ2v) is 5.52. The lowest BCUT2D eigenvalue weighted by atomic mass is 10.1. The van der Waals surface area contributed by atoms with Crippen molar-refractivity contribution >= 4 is 21.8 Å². The molecule has 0 radical (unpaired) electrons. The van der Waals surface area contributed by atoms with Gasteiger partial charge < -0.3 is 15.2 Å². The van der Waals surface area contributed by atoms with Gasteiger partial charge in [0.2, 0.25) is 0 Å². The quantitative estimate of drug-likeness (QED) is 0.799. The lowest BCUT2D eigenvalue weighted by Gasteiger charge is -2.21. The molecule has 20 heavy (non-hydrogen) atoms. The summed E-state index contributed by atoms with van der Waals surface area (Å²) in [7, 11) is 0. The molecule has 1 unspecified atom stereocenters. The van der Waals surface area contributed by atoms with Crippen LogP contribution in [0.2, 0.25) is 0 Å². The van der Waals surface area contributed by atoms with Crippen molar-refractivity contribution in [1.29, 1.82) is 0 Å². The summed E-state index contributed by atoms with van der Waals surface area (Å²) in [6, 6.07) is 5.58. The minimum Gasteiger partial charge on any atom is -0.479 e. The fourth-order valence-electron chi connectivity index (χ4n) is 1.85. The number of para-hydroxylation sites is 1. The molecule has 0 saturated carbocycles. The van der Waals surface area contributed by atoms with Crippen LogP contribution in [0.3, 0.4) is 0 Å². The molecular formula is C15H22BrNO3. The number of ether oxygens (including phenoxy) is 1. The molecule has 0 bridgehead atoms. The molecule has 0 aliphatic carbocycles. The van der Waals surface area contributed by atoms with Crippen LogP contribution in [0.4, 0.5) is 0 Å². The molecule has 0 aliphatic rings. The summed E-state index contributed by atoms with van der Waals surface area (Å²) in [4.78, 5) is 12.1. The van der Waals surface area contributed by atoms with E-state index < -0.39 is 6.10 Å². The van der Waals surface area contributed by atoms with Crippen LogP contribution in [0.25, 0.3) is 0 Å². The lowest BCUT2D eigenvalue weighted by Crippen LogP contribution is -2.42. The van der Waals surface area contributed by atoms with Crippen LogP contribution in [0.1, 0.15) is 39.2 Å². The van der Waals surface area contributed by atoms with E-state index in [0.29, 0.717) is 11.3 Å². The molecule has 112 valence electrons. The van der Waals surface area contributed by atoms with Gasteiger partial charge in [-0.1, -0.05) is 26.0 Å². The van der Waals surface area contributed by atoms with E-state index in [1.165, 1.54) is 0 Å². The molecule has 4 nitrogen and oxygen atoms in total. The number of benzene rings is 1. The van der Waals surface area contributed by atoms with Crippen LogP contribution in [0.15, 0.2) is 22.7 Å². The highest BCUT2D eigenvalue weighted by atomic mass is 79.9. The van der Waals surface area contributed by atoms with Crippen molar-refractivity contribution in [3.05, 3.63) is 28.2 Å². The molecule has 1 aromatic rings. The molecule has 0 fully saturated rings. The van der Waals surface area contributed by atoms with Crippen molar-refractivity contribution in [2.75, 3.05) is 0 Å². The highest BCUT2D eigenvalue weighted by Gasteiger charge is 2.19. The maximum Gasteiger partial charge on any atom is 0.260 e. The molecule has 0 heterocycles. The highest BCUT2D eigenvalue weighted by Crippen LogP contribution is 2.30. The molecule has 1 rings (SSSR count). The van der Waals surface area contributed by atoms with Gasteiger partial charge in [0.15, 0.2) is 6.10 Å². The summed E-state index contributed by atoms with van der Waals surface area (Å²) in [6.07, 6.45) is 1.18. The second kappa shape index (κ2) is 8.27. The van der Waals surface area contributed by atoms with Gasteiger partial charge in [-0.05, 0) is 41.8 Å². The Kier molecular flexibility index (Phi) is 7.02. The number of halogens is 1. The number of amides is 1. The van der Waals surface area contributed by atoms with Crippen LogP contribution in [0.5, 0.6) is 5.75 Å². The van der Waals surface area contributed by atoms with E-state index >= 15 is 0 Å². The smallest absolute Gasteiger partial charge is 0.260 e. The Morgan fingerprint density at radius 2 is 2.05 bits per heavy atom. The van der Waals surface area contributed by atoms with Gasteiger partial charge in [-0.25, -0.2) is 0 Å². The fourth-order valence-corrected chi connectivity index (χ4v) is 2.35. The average Bonchev–Trinajstić information content (AvgIpc) is 2.46. The van der Waals surface area contributed by atoms with Gasteiger partial charge in [0.1, 0.15) is 5.75 Å². The summed E-state index contributed by atoms with van der Waals surface area (Å²) in [6.45, 7) is 5.66. The minimum absolute atomic E-state index is 0.129. The molecule has 2 N–H and O–H groups in total. The van der Waals surface area contributed by atoms with Crippen LogP contribution in [-0.4, -0.2) is 23.2 Å². The van der Waals surface area contributed by atoms with Gasteiger partial charge in [-0.2, -0.15) is 0 Å². The van der Waals surface area contributed by atoms with Crippen LogP contribution >= 0.6 is 15.9 Å². The Labute approximate surface area is 128 Å². The maximum absolute atomic E-state index is 12.1. The van der Waals surface area contributed by atoms with Gasteiger partial charge >= 0.3 is 0 Å². The number of carbonyl (C=O) groups is 1. The van der Waals surface area contributed by atoms with E-state index in [-0.39, 0.29) is 18.6 Å². The minimum atomic E-state index is -0.611. The topological polar surface area (TPSA) is 58.6 Å². The van der Waals surface area contributed by atoms with Crippen molar-refractivity contribution in [3.63, 3.8) is 0 Å². The zero-order valence-electron chi connectivity index (χ0n) is 12.1. The molecule has 1 atom stereocenters. The summed E-state index contributed by atoms with van der Waals surface area (Å²) in [5, 5.41) is 12.3. The fraction of sp³-hybridized carbons (Fsp3) is 0.533. The van der Waals surface area contributed by atoms with Gasteiger partial charge in [0.25, 0.3) is 5.91 Å². The predicted octanol–water partition coefficient (Wildman–Crippen LogP) is 3.01. The number of nitrogens with one attached hydrogen (secondary N) is 1. The predicted molar refractivity (Wildman–Crippen MR) is 82.7 cm³/mol. The van der Waals surface area contributed by atoms with Crippen LogP contribution in [0, 0.1) is 0 Å². The van der Waals surface area contributed by atoms with Crippen molar-refractivity contribution in [3.8, 4) is 5.75 Å². The summed E-state index contributed by atoms with van der Waals surface area (Å²) in [5.41, 5.74) is 0.654. The molecule has 0 saturated heterocycles. The van der Waals surface area contributed by atoms with E-state index in [0.717, 1.165) is 17.3 Å². The molecule has 1 amide bonds. The molecule has 5 heteroatoms. The third-order valence-corrected chi connectivity index (χ3v) is 3.84. The van der Waals surface area contributed by atoms with E-state index in [1.54, 1.807) is 13.0 Å². The third kappa shape index (κ3) is 4.49. The third-order valence-electron chi connectivity index (χ3n) is 3.21. The number of rotatable bonds is 7. The SMILES string of the molecule is CCC(CC)NC(=O)C(C)Oc1c(Br)cccc1CO. The zero-order valence-corrected chi connectivity index (χ0v) is 13.7. The standard InChI is InChI=1S/C15H22BrNO3/c1-4-12(5-2)17-15(19)10(3)20-14-11(9-18)7-6-8-13(14)16/h6-8,10,12,18H,4-5,9H2,1-3H3,(H,17,19). The van der Waals surface area contributed by atoms with Gasteiger partial charge in [0, 0.05) is 11.6 Å². The molecule has 0 aromatic heterocycles. The highest BCUT2D eigenvalue weighted by molar-refractivity contribution is 9.10. The van der Waals surface area contributed by atoms with Crippen molar-refractivity contribution in [2.24, 2.45) is 0 Å². The number of aliphatic hydroxyl groups excluding tert-OH is 1. The van der Waals surface area contributed by atoms with Gasteiger partial charge in [-0.15, -0.1) is 0 Å². The maximum atomic E-state index is 12.1. The van der Waals surface area contributed by atoms with Crippen molar-refractivity contribution in [1.82, 2.24) is 5.32 Å². The Morgan fingerprint density at radius 1 is 1.40 bits per heavy atom. The van der Waals surface area contributed by atoms with E-state index in [4.69, 9.17) is 4.74 Å². The lowest BCUT2D eigenvalue weighted by molar-refractivity contribution is -0.128. The largest absolute Gasteiger partial charge is 0.479 e. The molecule has 0 aliphatic heterocycles. The monoisotopic (exact) mass is 343 g/mol. The molecule has 0 spiro atoms. The first-order valence-corrected chi connectivity index (χ1v) is 7.68. The van der Waals surface area contributed by atoms with Crippen molar-refractivity contribution < 1.29 is 14.6 Å². The summed E-state index contributed by atoms with van der Waals surface area (Å²) >= 11 is 3.38. The Morgan fingerprint density at radius 3 is 2.60 bits per heavy atom. The number of aliphatic hydroxyl groups is 1. The zero-order chi connectivity index (χ0) is 15.1. The Bertz CT molecular complexity index is 447. The number of hydrogen-bond acceptors (Lipinski definition) is 3. The number of carbonyl (C=O) groups excluding carboxylic acids is 1. The van der Waals surface area contributed by atoms with Gasteiger partial charge in [0.05, 0.1) is 11.1 Å². The second-order valence-electron chi connectivity index (χ2n) is 4.67. The first-order valence-electron chi connectivity index (χ1n) is 6.88. The van der Waals surface area contributed by atoms with E-state index in [9.17, 15) is 9.90 Å². The van der Waals surface area contributed by atoms with Crippen LogP contribution in [-0.2, 0) is 11.4 Å². The Hall–Kier alpha value is -1.07. The summed E-state index contributed by atoms with van der Waals surface area (Å²) < 4.78 is 6.43. The summed E-state index contributed by atoms with van der Waals surface area (Å²) in [5.74, 6) is 0.375. The van der Waals surface area contributed by atoms with E-state index in [2.05, 4.69) is 21.2 Å². The molecular weight excluding hydrogens is 322 g/mol.